The summed E-state index contributed by atoms with van der Waals surface area (Å²) >= 11 is 6.53. The first-order valence-electron chi connectivity index (χ1n) is 16.3. The van der Waals surface area contributed by atoms with Crippen molar-refractivity contribution in [2.24, 2.45) is 5.41 Å². The van der Waals surface area contributed by atoms with E-state index in [0.29, 0.717) is 41.0 Å². The zero-order chi connectivity index (χ0) is 36.2. The third-order valence-electron chi connectivity index (χ3n) is 8.31. The van der Waals surface area contributed by atoms with Crippen LogP contribution in [-0.4, -0.2) is 72.9 Å². The lowest BCUT2D eigenvalue weighted by Gasteiger charge is -2.33. The monoisotopic (exact) mass is 709 g/mol. The number of H-pyrrole nitrogens is 1. The molecule has 1 atom stereocenters. The van der Waals surface area contributed by atoms with Crippen molar-refractivity contribution in [2.75, 3.05) is 13.2 Å². The zero-order valence-electron chi connectivity index (χ0n) is 28.6. The van der Waals surface area contributed by atoms with Crippen molar-refractivity contribution < 1.29 is 23.1 Å². The Kier molecular flexibility index (Phi) is 10.9. The highest BCUT2D eigenvalue weighted by Gasteiger charge is 2.35. The van der Waals surface area contributed by atoms with Crippen molar-refractivity contribution in [1.82, 2.24) is 40.5 Å². The number of guanidine groups is 1. The summed E-state index contributed by atoms with van der Waals surface area (Å²) < 4.78 is 34.6. The van der Waals surface area contributed by atoms with E-state index in [1.54, 1.807) is 36.5 Å². The van der Waals surface area contributed by atoms with Gasteiger partial charge < -0.3 is 15.4 Å². The maximum absolute atomic E-state index is 14.5. The maximum atomic E-state index is 14.5. The van der Waals surface area contributed by atoms with E-state index in [1.807, 2.05) is 23.0 Å². The molecule has 1 aliphatic rings. The molecule has 266 valence electrons. The van der Waals surface area contributed by atoms with E-state index in [9.17, 15) is 18.4 Å². The molecule has 2 amide bonds. The van der Waals surface area contributed by atoms with Gasteiger partial charge in [0.25, 0.3) is 12.3 Å². The number of carbonyl (C=O) groups excluding carboxylic acids is 2. The van der Waals surface area contributed by atoms with Gasteiger partial charge in [0.2, 0.25) is 0 Å². The van der Waals surface area contributed by atoms with Crippen LogP contribution in [0, 0.1) is 10.8 Å². The predicted octanol–water partition coefficient (Wildman–Crippen LogP) is 7.24. The lowest BCUT2D eigenvalue weighted by Crippen LogP contribution is -2.51. The lowest BCUT2D eigenvalue weighted by molar-refractivity contribution is 0.0402. The van der Waals surface area contributed by atoms with Gasteiger partial charge in [-0.25, -0.2) is 18.6 Å². The number of hydrogen-bond donors (Lipinski definition) is 4. The van der Waals surface area contributed by atoms with Crippen LogP contribution in [-0.2, 0) is 4.74 Å². The highest BCUT2D eigenvalue weighted by atomic mass is 35.5. The topological polar surface area (TPSA) is 154 Å². The van der Waals surface area contributed by atoms with E-state index < -0.39 is 36.6 Å². The molecule has 0 unspecified atom stereocenters. The molecule has 0 saturated heterocycles. The van der Waals surface area contributed by atoms with Crippen LogP contribution in [0.15, 0.2) is 61.2 Å². The number of aromatic amines is 1. The van der Waals surface area contributed by atoms with E-state index >= 15 is 0 Å². The fraction of sp³-hybridized carbons (Fsp3) is 0.429. The molecule has 1 saturated carbocycles. The summed E-state index contributed by atoms with van der Waals surface area (Å²) in [7, 11) is 0. The number of carbonyl (C=O) groups is 2. The lowest BCUT2D eigenvalue weighted by atomic mass is 9.92. The van der Waals surface area contributed by atoms with Crippen molar-refractivity contribution in [3.05, 3.63) is 77.3 Å². The van der Waals surface area contributed by atoms with E-state index in [1.165, 1.54) is 25.1 Å². The molecule has 2 aromatic heterocycles. The van der Waals surface area contributed by atoms with E-state index in [2.05, 4.69) is 51.7 Å². The maximum Gasteiger partial charge on any atom is 0.407 e. The summed E-state index contributed by atoms with van der Waals surface area (Å²) in [6.45, 7) is 8.41. The van der Waals surface area contributed by atoms with Crippen molar-refractivity contribution in [3.8, 4) is 22.5 Å². The Bertz CT molecular complexity index is 1800. The average Bonchev–Trinajstić information content (AvgIpc) is 3.53. The molecule has 1 aliphatic carbocycles. The van der Waals surface area contributed by atoms with E-state index in [0.717, 1.165) is 24.0 Å². The van der Waals surface area contributed by atoms with Gasteiger partial charge in [0, 0.05) is 29.4 Å². The Morgan fingerprint density at radius 2 is 1.84 bits per heavy atom. The quantitative estimate of drug-likeness (QED) is 0.0894. The predicted molar refractivity (Wildman–Crippen MR) is 186 cm³/mol. The highest BCUT2D eigenvalue weighted by molar-refractivity contribution is 6.33. The van der Waals surface area contributed by atoms with Gasteiger partial charge in [0.05, 0.1) is 28.8 Å². The summed E-state index contributed by atoms with van der Waals surface area (Å²) in [6, 6.07) is 11.2. The number of halogens is 3. The normalized spacial score (nSPS) is 13.9. The number of rotatable bonds is 12. The fourth-order valence-corrected chi connectivity index (χ4v) is 5.31. The Labute approximate surface area is 294 Å². The number of alkyl carbamates (subject to hydrolysis) is 1. The van der Waals surface area contributed by atoms with Crippen LogP contribution in [0.5, 0.6) is 0 Å². The SMILES string of the molecule is CC(C)(C)CCNC(=N)N(C(=O)c1ccc(-c2cnn(C3CC3)c2)cc1)[C@H](COC(=O)NC(C)(C)C(F)F)c1ccc(Cl)c(-c2ncn[nH]2)c1. The second-order valence-electron chi connectivity index (χ2n) is 14.1. The Morgan fingerprint density at radius 1 is 1.12 bits per heavy atom. The molecule has 0 bridgehead atoms. The molecule has 0 spiro atoms. The highest BCUT2D eigenvalue weighted by Crippen LogP contribution is 2.36. The second kappa shape index (κ2) is 15.0. The Balaban J connectivity index is 1.51. The molecule has 12 nitrogen and oxygen atoms in total. The van der Waals surface area contributed by atoms with Crippen molar-refractivity contribution in [3.63, 3.8) is 0 Å². The van der Waals surface area contributed by atoms with E-state index in [-0.39, 0.29) is 16.9 Å². The average molecular weight is 710 g/mol. The number of hydrogen-bond acceptors (Lipinski definition) is 7. The molecule has 50 heavy (non-hydrogen) atoms. The van der Waals surface area contributed by atoms with Crippen molar-refractivity contribution in [2.45, 2.75) is 77.9 Å². The molecular weight excluding hydrogens is 668 g/mol. The number of benzene rings is 2. The second-order valence-corrected chi connectivity index (χ2v) is 14.5. The fourth-order valence-electron chi connectivity index (χ4n) is 5.11. The number of alkyl halides is 2. The molecule has 5 rings (SSSR count). The van der Waals surface area contributed by atoms with Gasteiger partial charge in [-0.15, -0.1) is 0 Å². The summed E-state index contributed by atoms with van der Waals surface area (Å²) in [6.07, 6.45) is 4.00. The summed E-state index contributed by atoms with van der Waals surface area (Å²) in [5, 5.41) is 25.8. The molecule has 4 aromatic rings. The minimum absolute atomic E-state index is 0.0640. The number of nitrogens with zero attached hydrogens (tertiary/aromatic N) is 5. The standard InChI is InChI=1S/C35H42ClF2N9O3/c1-34(2,3)14-15-40-32(39)47(30(48)22-8-6-21(7-9-22)24-17-43-46(18-24)25-11-12-25)28(19-50-33(49)44-35(4,5)31(37)38)23-10-13-27(36)26(16-23)29-41-20-42-45-29/h6-10,13,16-18,20,25,28,31H,11-12,14-15,19H2,1-5H3,(H2,39,40)(H,44,49)(H,41,42,45)/t28-/m1/s1. The van der Waals surface area contributed by atoms with Gasteiger partial charge >= 0.3 is 6.09 Å². The van der Waals surface area contributed by atoms with Crippen LogP contribution in [0.2, 0.25) is 5.02 Å². The first kappa shape index (κ1) is 36.4. The van der Waals surface area contributed by atoms with Crippen LogP contribution < -0.4 is 10.6 Å². The van der Waals surface area contributed by atoms with Crippen LogP contribution >= 0.6 is 11.6 Å². The Hall–Kier alpha value is -4.85. The van der Waals surface area contributed by atoms with Crippen molar-refractivity contribution >= 4 is 29.6 Å². The number of amides is 2. The molecule has 4 N–H and O–H groups in total. The van der Waals surface area contributed by atoms with Crippen molar-refractivity contribution in [1.29, 1.82) is 5.41 Å². The minimum Gasteiger partial charge on any atom is -0.447 e. The van der Waals surface area contributed by atoms with Gasteiger partial charge in [-0.2, -0.15) is 10.2 Å². The minimum atomic E-state index is -2.86. The summed E-state index contributed by atoms with van der Waals surface area (Å²) in [5.74, 6) is -0.450. The van der Waals surface area contributed by atoms with E-state index in [4.69, 9.17) is 21.7 Å². The van der Waals surface area contributed by atoms with Gasteiger partial charge in [-0.1, -0.05) is 50.6 Å². The van der Waals surface area contributed by atoms with Gasteiger partial charge in [-0.05, 0) is 73.9 Å². The summed E-state index contributed by atoms with van der Waals surface area (Å²) in [5.41, 5.74) is 0.988. The molecule has 0 radical (unpaired) electrons. The molecule has 1 fully saturated rings. The third-order valence-corrected chi connectivity index (χ3v) is 8.64. The van der Waals surface area contributed by atoms with Crippen LogP contribution in [0.3, 0.4) is 0 Å². The summed E-state index contributed by atoms with van der Waals surface area (Å²) in [4.78, 5) is 32.7. The van der Waals surface area contributed by atoms with Gasteiger partial charge in [-0.3, -0.25) is 24.9 Å². The molecule has 0 aliphatic heterocycles. The first-order valence-corrected chi connectivity index (χ1v) is 16.7. The molecular formula is C35H42ClF2N9O3. The molecule has 2 aromatic carbocycles. The molecule has 2 heterocycles. The van der Waals surface area contributed by atoms with Gasteiger partial charge in [0.1, 0.15) is 12.9 Å². The number of ether oxygens (including phenoxy) is 1. The van der Waals surface area contributed by atoms with Gasteiger partial charge in [0.15, 0.2) is 11.8 Å². The zero-order valence-corrected chi connectivity index (χ0v) is 29.4. The number of nitrogens with one attached hydrogen (secondary N) is 4. The van der Waals surface area contributed by atoms with Crippen LogP contribution in [0.4, 0.5) is 13.6 Å². The van der Waals surface area contributed by atoms with Crippen LogP contribution in [0.25, 0.3) is 22.5 Å². The third kappa shape index (κ3) is 9.03. The molecule has 15 heteroatoms. The largest absolute Gasteiger partial charge is 0.447 e. The smallest absolute Gasteiger partial charge is 0.407 e. The first-order chi connectivity index (χ1) is 23.6. The Morgan fingerprint density at radius 3 is 2.46 bits per heavy atom. The van der Waals surface area contributed by atoms with Crippen LogP contribution in [0.1, 0.15) is 81.9 Å². The number of aromatic nitrogens is 5.